The van der Waals surface area contributed by atoms with Gasteiger partial charge >= 0.3 is 0 Å². The van der Waals surface area contributed by atoms with Crippen molar-refractivity contribution in [2.24, 2.45) is 10.2 Å². The van der Waals surface area contributed by atoms with Gasteiger partial charge in [-0.3, -0.25) is 19.1 Å². The predicted octanol–water partition coefficient (Wildman–Crippen LogP) is 4.10. The molecular formula is C22H20ClN5O2S. The van der Waals surface area contributed by atoms with Crippen LogP contribution in [0.3, 0.4) is 0 Å². The maximum Gasteiger partial charge on any atom is 0.266 e. The van der Waals surface area contributed by atoms with Crippen LogP contribution in [0.4, 0.5) is 0 Å². The molecular weight excluding hydrogens is 434 g/mol. The highest BCUT2D eigenvalue weighted by Crippen LogP contribution is 2.20. The molecule has 0 unspecified atom stereocenters. The molecule has 9 heteroatoms. The number of para-hydroxylation sites is 1. The Balaban J connectivity index is 1.76. The minimum Gasteiger partial charge on any atom is -0.289 e. The number of nitrogens with zero attached hydrogens (tertiary/aromatic N) is 5. The van der Waals surface area contributed by atoms with E-state index in [1.165, 1.54) is 22.5 Å². The monoisotopic (exact) mass is 453 g/mol. The van der Waals surface area contributed by atoms with Gasteiger partial charge in [-0.2, -0.15) is 5.10 Å². The topological polar surface area (TPSA) is 79.9 Å². The Morgan fingerprint density at radius 3 is 2.71 bits per heavy atom. The molecule has 0 saturated carbocycles. The van der Waals surface area contributed by atoms with Crippen LogP contribution < -0.4 is 5.56 Å². The summed E-state index contributed by atoms with van der Waals surface area (Å²) in [5.41, 5.74) is 0.982. The van der Waals surface area contributed by atoms with Crippen LogP contribution in [-0.2, 0) is 4.79 Å². The standard InChI is InChI=1S/C22H20ClN5O2S/c1-2-3-12-27-20(29)14-31-22(27)26-24-13-19-25-18-7-5-4-6-17(18)21(30)28(19)16-10-8-15(23)9-11-16/h4-11,13H,2-3,12,14H2,1H3/b24-13+,26-22-. The highest BCUT2D eigenvalue weighted by molar-refractivity contribution is 8.15. The van der Waals surface area contributed by atoms with Crippen molar-refractivity contribution in [1.29, 1.82) is 0 Å². The first kappa shape index (κ1) is 21.3. The average Bonchev–Trinajstić information content (AvgIpc) is 3.13. The zero-order valence-corrected chi connectivity index (χ0v) is 18.4. The minimum atomic E-state index is -0.211. The van der Waals surface area contributed by atoms with E-state index in [1.54, 1.807) is 47.4 Å². The molecule has 1 fully saturated rings. The summed E-state index contributed by atoms with van der Waals surface area (Å²) in [6.45, 7) is 2.70. The lowest BCUT2D eigenvalue weighted by Crippen LogP contribution is -2.30. The van der Waals surface area contributed by atoms with Gasteiger partial charge in [-0.15, -0.1) is 5.10 Å². The molecule has 2 heterocycles. The molecule has 31 heavy (non-hydrogen) atoms. The number of hydrogen-bond acceptors (Lipinski definition) is 6. The van der Waals surface area contributed by atoms with Gasteiger partial charge < -0.3 is 0 Å². The quantitative estimate of drug-likeness (QED) is 0.415. The van der Waals surface area contributed by atoms with Crippen molar-refractivity contribution < 1.29 is 4.79 Å². The number of halogens is 1. The van der Waals surface area contributed by atoms with Gasteiger partial charge in [0.25, 0.3) is 5.56 Å². The van der Waals surface area contributed by atoms with Gasteiger partial charge in [0.15, 0.2) is 11.0 Å². The van der Waals surface area contributed by atoms with E-state index in [0.29, 0.717) is 44.9 Å². The lowest BCUT2D eigenvalue weighted by molar-refractivity contribution is -0.124. The average molecular weight is 454 g/mol. The number of unbranched alkanes of at least 4 members (excludes halogenated alkanes) is 1. The first-order chi connectivity index (χ1) is 15.1. The second kappa shape index (κ2) is 9.45. The Labute approximate surface area is 188 Å². The molecule has 1 amide bonds. The summed E-state index contributed by atoms with van der Waals surface area (Å²) in [6.07, 6.45) is 3.33. The molecule has 1 saturated heterocycles. The van der Waals surface area contributed by atoms with E-state index in [2.05, 4.69) is 22.1 Å². The van der Waals surface area contributed by atoms with E-state index in [4.69, 9.17) is 11.6 Å². The Bertz CT molecular complexity index is 1240. The van der Waals surface area contributed by atoms with Gasteiger partial charge in [-0.25, -0.2) is 4.98 Å². The van der Waals surface area contributed by atoms with Crippen molar-refractivity contribution >= 4 is 51.6 Å². The summed E-state index contributed by atoms with van der Waals surface area (Å²) in [7, 11) is 0. The Morgan fingerprint density at radius 1 is 1.16 bits per heavy atom. The van der Waals surface area contributed by atoms with Crippen molar-refractivity contribution in [3.8, 4) is 5.69 Å². The summed E-state index contributed by atoms with van der Waals surface area (Å²) in [4.78, 5) is 31.6. The predicted molar refractivity (Wildman–Crippen MR) is 126 cm³/mol. The molecule has 3 aromatic rings. The van der Waals surface area contributed by atoms with E-state index in [9.17, 15) is 9.59 Å². The van der Waals surface area contributed by atoms with Crippen LogP contribution in [-0.4, -0.2) is 44.0 Å². The number of thioether (sulfide) groups is 1. The molecule has 0 bridgehead atoms. The number of carbonyl (C=O) groups excluding carboxylic acids is 1. The molecule has 0 atom stereocenters. The second-order valence-corrected chi connectivity index (χ2v) is 8.30. The Kier molecular flexibility index (Phi) is 6.48. The van der Waals surface area contributed by atoms with Gasteiger partial charge in [0.1, 0.15) is 0 Å². The number of hydrogen-bond donors (Lipinski definition) is 0. The van der Waals surface area contributed by atoms with Gasteiger partial charge in [-0.1, -0.05) is 48.8 Å². The third-order valence-corrected chi connectivity index (χ3v) is 6.00. The summed E-state index contributed by atoms with van der Waals surface area (Å²) >= 11 is 7.37. The lowest BCUT2D eigenvalue weighted by Gasteiger charge is -2.14. The smallest absolute Gasteiger partial charge is 0.266 e. The molecule has 1 aromatic heterocycles. The second-order valence-electron chi connectivity index (χ2n) is 6.92. The van der Waals surface area contributed by atoms with Gasteiger partial charge in [0, 0.05) is 11.6 Å². The molecule has 1 aliphatic rings. The molecule has 1 aliphatic heterocycles. The van der Waals surface area contributed by atoms with Crippen LogP contribution in [0.5, 0.6) is 0 Å². The molecule has 7 nitrogen and oxygen atoms in total. The SMILES string of the molecule is CCCCN1C(=O)CS/C1=N\N=C\c1nc2ccccc2c(=O)n1-c1ccc(Cl)cc1. The Hall–Kier alpha value is -2.97. The van der Waals surface area contributed by atoms with Gasteiger partial charge in [-0.05, 0) is 42.8 Å². The lowest BCUT2D eigenvalue weighted by atomic mass is 10.2. The van der Waals surface area contributed by atoms with E-state index in [0.717, 1.165) is 12.8 Å². The number of amides is 1. The first-order valence-corrected chi connectivity index (χ1v) is 11.3. The van der Waals surface area contributed by atoms with Crippen molar-refractivity contribution in [3.05, 3.63) is 69.7 Å². The number of benzene rings is 2. The molecule has 0 radical (unpaired) electrons. The van der Waals surface area contributed by atoms with E-state index >= 15 is 0 Å². The van der Waals surface area contributed by atoms with E-state index < -0.39 is 0 Å². The van der Waals surface area contributed by atoms with Gasteiger partial charge in [0.05, 0.1) is 28.6 Å². The van der Waals surface area contributed by atoms with Crippen molar-refractivity contribution in [2.75, 3.05) is 12.3 Å². The van der Waals surface area contributed by atoms with Crippen molar-refractivity contribution in [2.45, 2.75) is 19.8 Å². The highest BCUT2D eigenvalue weighted by atomic mass is 35.5. The van der Waals surface area contributed by atoms with Crippen molar-refractivity contribution in [3.63, 3.8) is 0 Å². The largest absolute Gasteiger partial charge is 0.289 e. The fourth-order valence-corrected chi connectivity index (χ4v) is 4.20. The third-order valence-electron chi connectivity index (χ3n) is 4.79. The summed E-state index contributed by atoms with van der Waals surface area (Å²) in [5.74, 6) is 0.737. The van der Waals surface area contributed by atoms with Gasteiger partial charge in [0.2, 0.25) is 5.91 Å². The first-order valence-electron chi connectivity index (χ1n) is 9.90. The maximum absolute atomic E-state index is 13.2. The van der Waals surface area contributed by atoms with Crippen molar-refractivity contribution in [1.82, 2.24) is 14.5 Å². The molecule has 158 valence electrons. The van der Waals surface area contributed by atoms with Crippen LogP contribution in [0.25, 0.3) is 16.6 Å². The molecule has 2 aromatic carbocycles. The maximum atomic E-state index is 13.2. The third kappa shape index (κ3) is 4.55. The van der Waals surface area contributed by atoms with E-state index in [1.807, 2.05) is 6.07 Å². The highest BCUT2D eigenvalue weighted by Gasteiger charge is 2.27. The molecule has 0 N–H and O–H groups in total. The number of fused-ring (bicyclic) bond motifs is 1. The summed E-state index contributed by atoms with van der Waals surface area (Å²) < 4.78 is 1.48. The number of aromatic nitrogens is 2. The zero-order chi connectivity index (χ0) is 21.8. The fraction of sp³-hybridized carbons (Fsp3) is 0.227. The van der Waals surface area contributed by atoms with Crippen LogP contribution in [0.15, 0.2) is 63.5 Å². The number of rotatable bonds is 6. The summed E-state index contributed by atoms with van der Waals surface area (Å²) in [6, 6.07) is 14.1. The number of amidine groups is 1. The van der Waals surface area contributed by atoms with Crippen LogP contribution in [0, 0.1) is 0 Å². The Morgan fingerprint density at radius 2 is 1.94 bits per heavy atom. The zero-order valence-electron chi connectivity index (χ0n) is 16.9. The molecule has 0 aliphatic carbocycles. The fourth-order valence-electron chi connectivity index (χ4n) is 3.21. The van der Waals surface area contributed by atoms with Crippen LogP contribution in [0.1, 0.15) is 25.6 Å². The minimum absolute atomic E-state index is 0.0364. The normalized spacial score (nSPS) is 15.6. The van der Waals surface area contributed by atoms with Crippen LogP contribution >= 0.6 is 23.4 Å². The van der Waals surface area contributed by atoms with Crippen LogP contribution in [0.2, 0.25) is 5.02 Å². The van der Waals surface area contributed by atoms with E-state index in [-0.39, 0.29) is 11.5 Å². The molecule has 4 rings (SSSR count). The molecule has 0 spiro atoms. The summed E-state index contributed by atoms with van der Waals surface area (Å²) in [5, 5.41) is 10.0. The number of carbonyl (C=O) groups is 1.